The summed E-state index contributed by atoms with van der Waals surface area (Å²) in [4.78, 5) is 20.1. The van der Waals surface area contributed by atoms with Crippen LogP contribution in [0.2, 0.25) is 0 Å². The Morgan fingerprint density at radius 1 is 0.794 bits per heavy atom. The van der Waals surface area contributed by atoms with Gasteiger partial charge in [0.2, 0.25) is 5.91 Å². The number of hydrogen-bond acceptors (Lipinski definition) is 4. The van der Waals surface area contributed by atoms with Gasteiger partial charge in [-0.05, 0) is 47.7 Å². The van der Waals surface area contributed by atoms with E-state index in [0.717, 1.165) is 30.6 Å². The van der Waals surface area contributed by atoms with Crippen LogP contribution in [-0.4, -0.2) is 79.1 Å². The zero-order valence-corrected chi connectivity index (χ0v) is 20.1. The van der Waals surface area contributed by atoms with Gasteiger partial charge in [0, 0.05) is 39.3 Å². The number of benzene rings is 2. The summed E-state index contributed by atoms with van der Waals surface area (Å²) in [6, 6.07) is 12.8. The van der Waals surface area contributed by atoms with Crippen LogP contribution in [0.25, 0.3) is 0 Å². The Hall–Kier alpha value is -2.35. The molecular weight excluding hydrogens is 436 g/mol. The van der Waals surface area contributed by atoms with Gasteiger partial charge in [0.1, 0.15) is 11.6 Å². The summed E-state index contributed by atoms with van der Waals surface area (Å²) in [7, 11) is 0. The summed E-state index contributed by atoms with van der Waals surface area (Å²) in [5.74, 6) is 0.0717. The first-order chi connectivity index (χ1) is 16.4. The molecular formula is C27H35F2N3O2. The predicted octanol–water partition coefficient (Wildman–Crippen LogP) is 3.95. The topological polar surface area (TPSA) is 36.0 Å². The second kappa shape index (κ2) is 11.4. The highest BCUT2D eigenvalue weighted by Crippen LogP contribution is 2.30. The van der Waals surface area contributed by atoms with E-state index in [2.05, 4.69) is 23.6 Å². The Labute approximate surface area is 201 Å². The molecule has 0 aliphatic carbocycles. The second-order valence-corrected chi connectivity index (χ2v) is 9.66. The van der Waals surface area contributed by atoms with Crippen molar-refractivity contribution in [1.29, 1.82) is 0 Å². The zero-order valence-electron chi connectivity index (χ0n) is 20.1. The fourth-order valence-corrected chi connectivity index (χ4v) is 5.06. The Morgan fingerprint density at radius 3 is 1.76 bits per heavy atom. The number of piperazine rings is 1. The van der Waals surface area contributed by atoms with Crippen molar-refractivity contribution in [3.05, 3.63) is 71.3 Å². The lowest BCUT2D eigenvalue weighted by Gasteiger charge is -2.42. The van der Waals surface area contributed by atoms with Gasteiger partial charge in [0.05, 0.1) is 25.3 Å². The van der Waals surface area contributed by atoms with Crippen LogP contribution in [0.4, 0.5) is 8.78 Å². The first kappa shape index (κ1) is 24.8. The van der Waals surface area contributed by atoms with E-state index < -0.39 is 0 Å². The molecule has 2 fully saturated rings. The van der Waals surface area contributed by atoms with Crippen LogP contribution >= 0.6 is 0 Å². The summed E-state index contributed by atoms with van der Waals surface area (Å²) >= 11 is 0. The molecule has 0 saturated carbocycles. The summed E-state index contributed by atoms with van der Waals surface area (Å²) in [5, 5.41) is 0. The van der Waals surface area contributed by atoms with Crippen molar-refractivity contribution in [2.75, 3.05) is 52.5 Å². The van der Waals surface area contributed by atoms with E-state index in [-0.39, 0.29) is 29.6 Å². The van der Waals surface area contributed by atoms with Gasteiger partial charge in [-0.1, -0.05) is 38.1 Å². The van der Waals surface area contributed by atoms with Crippen molar-refractivity contribution in [2.24, 2.45) is 5.92 Å². The molecule has 2 saturated heterocycles. The summed E-state index contributed by atoms with van der Waals surface area (Å²) < 4.78 is 32.7. The fourth-order valence-electron chi connectivity index (χ4n) is 5.06. The monoisotopic (exact) mass is 471 g/mol. The van der Waals surface area contributed by atoms with Gasteiger partial charge in [0.15, 0.2) is 0 Å². The van der Waals surface area contributed by atoms with Gasteiger partial charge in [-0.3, -0.25) is 14.6 Å². The van der Waals surface area contributed by atoms with Crippen molar-refractivity contribution in [3.63, 3.8) is 0 Å². The summed E-state index contributed by atoms with van der Waals surface area (Å²) in [5.41, 5.74) is 1.91. The molecule has 4 rings (SSSR count). The maximum absolute atomic E-state index is 13.6. The molecule has 7 heteroatoms. The third-order valence-corrected chi connectivity index (χ3v) is 6.83. The van der Waals surface area contributed by atoms with E-state index in [4.69, 9.17) is 4.74 Å². The van der Waals surface area contributed by atoms with E-state index in [9.17, 15) is 13.6 Å². The molecule has 0 radical (unpaired) electrons. The molecule has 1 atom stereocenters. The van der Waals surface area contributed by atoms with Crippen LogP contribution < -0.4 is 0 Å². The molecule has 0 unspecified atom stereocenters. The SMILES string of the molecule is CC(C)C[C@@H](C(=O)N1CCN(C(c2ccc(F)cc2)c2ccc(F)cc2)CC1)N1CCOCC1. The van der Waals surface area contributed by atoms with Crippen LogP contribution in [-0.2, 0) is 9.53 Å². The second-order valence-electron chi connectivity index (χ2n) is 9.66. The van der Waals surface area contributed by atoms with Crippen molar-refractivity contribution >= 4 is 5.91 Å². The molecule has 0 aromatic heterocycles. The largest absolute Gasteiger partial charge is 0.379 e. The first-order valence-corrected chi connectivity index (χ1v) is 12.3. The molecule has 5 nitrogen and oxygen atoms in total. The zero-order chi connectivity index (χ0) is 24.1. The maximum Gasteiger partial charge on any atom is 0.240 e. The number of amides is 1. The van der Waals surface area contributed by atoms with Crippen LogP contribution in [0.3, 0.4) is 0 Å². The van der Waals surface area contributed by atoms with Crippen LogP contribution in [0.5, 0.6) is 0 Å². The number of carbonyl (C=O) groups excluding carboxylic acids is 1. The number of carbonyl (C=O) groups is 1. The molecule has 2 heterocycles. The predicted molar refractivity (Wildman–Crippen MR) is 128 cm³/mol. The lowest BCUT2D eigenvalue weighted by atomic mass is 9.96. The number of halogens is 2. The molecule has 1 amide bonds. The van der Waals surface area contributed by atoms with Gasteiger partial charge in [-0.2, -0.15) is 0 Å². The molecule has 2 aromatic rings. The minimum absolute atomic E-state index is 0.111. The van der Waals surface area contributed by atoms with Crippen molar-refractivity contribution in [1.82, 2.24) is 14.7 Å². The number of rotatable bonds is 7. The van der Waals surface area contributed by atoms with Gasteiger partial charge < -0.3 is 9.64 Å². The fraction of sp³-hybridized carbons (Fsp3) is 0.519. The van der Waals surface area contributed by atoms with E-state index in [0.29, 0.717) is 45.3 Å². The molecule has 2 aliphatic heterocycles. The number of morpholine rings is 1. The number of nitrogens with zero attached hydrogens (tertiary/aromatic N) is 3. The highest BCUT2D eigenvalue weighted by atomic mass is 19.1. The van der Waals surface area contributed by atoms with Crippen LogP contribution in [0.15, 0.2) is 48.5 Å². The lowest BCUT2D eigenvalue weighted by Crippen LogP contribution is -2.57. The Balaban J connectivity index is 1.48. The highest BCUT2D eigenvalue weighted by Gasteiger charge is 2.34. The third kappa shape index (κ3) is 6.01. The Morgan fingerprint density at radius 2 is 1.29 bits per heavy atom. The molecule has 0 bridgehead atoms. The third-order valence-electron chi connectivity index (χ3n) is 6.83. The van der Waals surface area contributed by atoms with Crippen molar-refractivity contribution in [3.8, 4) is 0 Å². The maximum atomic E-state index is 13.6. The molecule has 184 valence electrons. The van der Waals surface area contributed by atoms with Gasteiger partial charge in [-0.15, -0.1) is 0 Å². The van der Waals surface area contributed by atoms with Crippen LogP contribution in [0.1, 0.15) is 37.4 Å². The summed E-state index contributed by atoms with van der Waals surface area (Å²) in [6.45, 7) is 9.92. The average molecular weight is 472 g/mol. The molecule has 0 spiro atoms. The van der Waals surface area contributed by atoms with Crippen molar-refractivity contribution in [2.45, 2.75) is 32.4 Å². The molecule has 2 aliphatic rings. The smallest absolute Gasteiger partial charge is 0.240 e. The van der Waals surface area contributed by atoms with E-state index in [1.807, 2.05) is 4.90 Å². The molecule has 2 aromatic carbocycles. The van der Waals surface area contributed by atoms with Crippen molar-refractivity contribution < 1.29 is 18.3 Å². The van der Waals surface area contributed by atoms with Gasteiger partial charge in [-0.25, -0.2) is 8.78 Å². The Bertz CT molecular complexity index is 876. The Kier molecular flexibility index (Phi) is 8.29. The van der Waals surface area contributed by atoms with Gasteiger partial charge in [0.25, 0.3) is 0 Å². The molecule has 0 N–H and O–H groups in total. The van der Waals surface area contributed by atoms with Gasteiger partial charge >= 0.3 is 0 Å². The lowest BCUT2D eigenvalue weighted by molar-refractivity contribution is -0.141. The number of ether oxygens (including phenoxy) is 1. The van der Waals surface area contributed by atoms with E-state index in [1.165, 1.54) is 24.3 Å². The van der Waals surface area contributed by atoms with Crippen LogP contribution in [0, 0.1) is 17.6 Å². The van der Waals surface area contributed by atoms with E-state index >= 15 is 0 Å². The molecule has 34 heavy (non-hydrogen) atoms. The first-order valence-electron chi connectivity index (χ1n) is 12.3. The summed E-state index contributed by atoms with van der Waals surface area (Å²) in [6.07, 6.45) is 0.840. The standard InChI is InChI=1S/C27H35F2N3O2/c1-20(2)19-25(30-15-17-34-18-16-30)27(33)32-13-11-31(12-14-32)26(21-3-7-23(28)8-4-21)22-5-9-24(29)10-6-22/h3-10,20,25-26H,11-19H2,1-2H3/t25-/m0/s1. The minimum atomic E-state index is -0.281. The number of hydrogen-bond donors (Lipinski definition) is 0. The normalized spacial score (nSPS) is 19.1. The highest BCUT2D eigenvalue weighted by molar-refractivity contribution is 5.82. The quantitative estimate of drug-likeness (QED) is 0.613. The minimum Gasteiger partial charge on any atom is -0.379 e. The van der Waals surface area contributed by atoms with E-state index in [1.54, 1.807) is 24.3 Å². The average Bonchev–Trinajstić information content (AvgIpc) is 2.85.